The molecule has 1 atom stereocenters. The summed E-state index contributed by atoms with van der Waals surface area (Å²) in [6.45, 7) is 10.0. The molecule has 0 aliphatic carbocycles. The van der Waals surface area contributed by atoms with Crippen molar-refractivity contribution in [3.63, 3.8) is 0 Å². The number of quaternary nitrogens is 1. The van der Waals surface area contributed by atoms with Gasteiger partial charge in [-0.15, -0.1) is 0 Å². The predicted octanol–water partition coefficient (Wildman–Crippen LogP) is 5.65. The van der Waals surface area contributed by atoms with E-state index in [1.807, 2.05) is 13.8 Å². The SMILES string of the molecule is CC(C)(O)CCc1ccc2[nH]cc(C[C@H]3CCCN3C[N+]3(Cc4ccccc4)CCCC3)c2c1. The molecule has 0 amide bonds. The van der Waals surface area contributed by atoms with E-state index in [1.165, 1.54) is 90.6 Å². The summed E-state index contributed by atoms with van der Waals surface area (Å²) in [7, 11) is 0. The van der Waals surface area contributed by atoms with Crippen LogP contribution < -0.4 is 0 Å². The smallest absolute Gasteiger partial charge is 0.135 e. The topological polar surface area (TPSA) is 39.3 Å². The number of aliphatic hydroxyl groups is 1. The molecule has 3 aromatic rings. The van der Waals surface area contributed by atoms with Crippen molar-refractivity contribution in [2.24, 2.45) is 0 Å². The molecule has 4 nitrogen and oxygen atoms in total. The molecule has 4 heteroatoms. The van der Waals surface area contributed by atoms with Gasteiger partial charge < -0.3 is 14.6 Å². The van der Waals surface area contributed by atoms with E-state index in [0.717, 1.165) is 19.3 Å². The zero-order chi connectivity index (χ0) is 23.6. The van der Waals surface area contributed by atoms with Gasteiger partial charge in [-0.2, -0.15) is 0 Å². The number of aromatic nitrogens is 1. The van der Waals surface area contributed by atoms with E-state index in [0.29, 0.717) is 6.04 Å². The van der Waals surface area contributed by atoms with Gasteiger partial charge in [-0.3, -0.25) is 4.90 Å². The second kappa shape index (κ2) is 9.85. The van der Waals surface area contributed by atoms with Crippen molar-refractivity contribution >= 4 is 10.9 Å². The zero-order valence-corrected chi connectivity index (χ0v) is 21.1. The van der Waals surface area contributed by atoms with Gasteiger partial charge >= 0.3 is 0 Å². The fourth-order valence-electron chi connectivity index (χ4n) is 6.28. The first-order valence-corrected chi connectivity index (χ1v) is 13.3. The lowest BCUT2D eigenvalue weighted by Gasteiger charge is -2.39. The van der Waals surface area contributed by atoms with Gasteiger partial charge in [0.15, 0.2) is 0 Å². The average molecular weight is 461 g/mol. The molecular weight excluding hydrogens is 418 g/mol. The van der Waals surface area contributed by atoms with E-state index in [2.05, 4.69) is 64.6 Å². The number of benzene rings is 2. The van der Waals surface area contributed by atoms with Gasteiger partial charge in [-0.1, -0.05) is 36.4 Å². The molecule has 2 aromatic carbocycles. The van der Waals surface area contributed by atoms with Crippen molar-refractivity contribution in [2.75, 3.05) is 26.3 Å². The van der Waals surface area contributed by atoms with Gasteiger partial charge in [0, 0.05) is 48.1 Å². The molecule has 2 fully saturated rings. The molecule has 0 saturated carbocycles. The summed E-state index contributed by atoms with van der Waals surface area (Å²) in [5, 5.41) is 11.5. The predicted molar refractivity (Wildman–Crippen MR) is 141 cm³/mol. The fraction of sp³-hybridized carbons (Fsp3) is 0.533. The summed E-state index contributed by atoms with van der Waals surface area (Å²) >= 11 is 0. The summed E-state index contributed by atoms with van der Waals surface area (Å²) < 4.78 is 1.23. The largest absolute Gasteiger partial charge is 0.390 e. The molecule has 5 rings (SSSR count). The van der Waals surface area contributed by atoms with E-state index < -0.39 is 5.60 Å². The number of rotatable bonds is 9. The highest BCUT2D eigenvalue weighted by Crippen LogP contribution is 2.31. The number of H-pyrrole nitrogens is 1. The van der Waals surface area contributed by atoms with Gasteiger partial charge in [0.25, 0.3) is 0 Å². The lowest BCUT2D eigenvalue weighted by atomic mass is 9.96. The van der Waals surface area contributed by atoms with Crippen LogP contribution in [-0.4, -0.2) is 57.4 Å². The first-order valence-electron chi connectivity index (χ1n) is 13.3. The Hall–Kier alpha value is -2.14. The lowest BCUT2D eigenvalue weighted by molar-refractivity contribution is -0.939. The number of aryl methyl sites for hydroxylation is 1. The van der Waals surface area contributed by atoms with Gasteiger partial charge in [-0.25, -0.2) is 0 Å². The maximum absolute atomic E-state index is 10.1. The highest BCUT2D eigenvalue weighted by atomic mass is 16.3. The molecule has 2 aliphatic rings. The summed E-state index contributed by atoms with van der Waals surface area (Å²) in [5.74, 6) is 0. The Morgan fingerprint density at radius 3 is 2.59 bits per heavy atom. The Bertz CT molecular complexity index is 1080. The van der Waals surface area contributed by atoms with Crippen molar-refractivity contribution < 1.29 is 9.59 Å². The van der Waals surface area contributed by atoms with Crippen LogP contribution in [0.3, 0.4) is 0 Å². The third-order valence-electron chi connectivity index (χ3n) is 8.17. The average Bonchev–Trinajstić information content (AvgIpc) is 3.55. The monoisotopic (exact) mass is 460 g/mol. The Morgan fingerprint density at radius 2 is 1.82 bits per heavy atom. The minimum absolute atomic E-state index is 0.617. The van der Waals surface area contributed by atoms with Crippen LogP contribution >= 0.6 is 0 Å². The van der Waals surface area contributed by atoms with Crippen molar-refractivity contribution in [3.05, 3.63) is 71.4 Å². The molecule has 3 heterocycles. The summed E-state index contributed by atoms with van der Waals surface area (Å²) in [6, 6.07) is 18.5. The molecule has 0 radical (unpaired) electrons. The normalized spacial score (nSPS) is 21.0. The van der Waals surface area contributed by atoms with Gasteiger partial charge in [0.05, 0.1) is 18.7 Å². The maximum Gasteiger partial charge on any atom is 0.135 e. The van der Waals surface area contributed by atoms with Crippen molar-refractivity contribution in [1.29, 1.82) is 0 Å². The fourth-order valence-corrected chi connectivity index (χ4v) is 6.28. The van der Waals surface area contributed by atoms with Crippen LogP contribution in [0.5, 0.6) is 0 Å². The van der Waals surface area contributed by atoms with Crippen LogP contribution in [0.2, 0.25) is 0 Å². The van der Waals surface area contributed by atoms with Crippen molar-refractivity contribution in [3.8, 4) is 0 Å². The van der Waals surface area contributed by atoms with Gasteiger partial charge in [0.2, 0.25) is 0 Å². The van der Waals surface area contributed by atoms with Gasteiger partial charge in [-0.05, 0) is 69.2 Å². The van der Waals surface area contributed by atoms with Crippen LogP contribution in [0, 0.1) is 0 Å². The molecule has 0 unspecified atom stereocenters. The molecule has 0 bridgehead atoms. The van der Waals surface area contributed by atoms with E-state index in [-0.39, 0.29) is 0 Å². The van der Waals surface area contributed by atoms with Gasteiger partial charge in [0.1, 0.15) is 13.2 Å². The number of hydrogen-bond donors (Lipinski definition) is 2. The third kappa shape index (κ3) is 5.56. The van der Waals surface area contributed by atoms with Crippen LogP contribution in [-0.2, 0) is 19.4 Å². The number of nitrogens with one attached hydrogen (secondary N) is 1. The third-order valence-corrected chi connectivity index (χ3v) is 8.17. The molecule has 34 heavy (non-hydrogen) atoms. The second-order valence-electron chi connectivity index (χ2n) is 11.6. The lowest BCUT2D eigenvalue weighted by Crippen LogP contribution is -2.53. The molecule has 2 aliphatic heterocycles. The second-order valence-corrected chi connectivity index (χ2v) is 11.6. The molecule has 182 valence electrons. The highest BCUT2D eigenvalue weighted by Gasteiger charge is 2.37. The molecule has 0 spiro atoms. The van der Waals surface area contributed by atoms with Crippen LogP contribution in [0.25, 0.3) is 10.9 Å². The molecule has 2 N–H and O–H groups in total. The Kier molecular flexibility index (Phi) is 6.83. The van der Waals surface area contributed by atoms with Crippen LogP contribution in [0.1, 0.15) is 62.6 Å². The van der Waals surface area contributed by atoms with Crippen molar-refractivity contribution in [2.45, 2.75) is 77.0 Å². The minimum Gasteiger partial charge on any atom is -0.390 e. The Labute approximate surface area is 205 Å². The van der Waals surface area contributed by atoms with Crippen LogP contribution in [0.15, 0.2) is 54.7 Å². The van der Waals surface area contributed by atoms with E-state index in [4.69, 9.17) is 0 Å². The Morgan fingerprint density at radius 1 is 1.03 bits per heavy atom. The number of likely N-dealkylation sites (tertiary alicyclic amines) is 2. The summed E-state index contributed by atoms with van der Waals surface area (Å²) in [4.78, 5) is 6.33. The first kappa shape index (κ1) is 23.6. The maximum atomic E-state index is 10.1. The number of fused-ring (bicyclic) bond motifs is 1. The van der Waals surface area contributed by atoms with E-state index in [1.54, 1.807) is 0 Å². The van der Waals surface area contributed by atoms with Crippen LogP contribution in [0.4, 0.5) is 0 Å². The van der Waals surface area contributed by atoms with E-state index >= 15 is 0 Å². The molecule has 2 saturated heterocycles. The minimum atomic E-state index is -0.617. The first-order chi connectivity index (χ1) is 16.4. The summed E-state index contributed by atoms with van der Waals surface area (Å²) in [5.41, 5.74) is 4.87. The number of nitrogens with zero attached hydrogens (tertiary/aromatic N) is 2. The molecular formula is C30H42N3O+. The van der Waals surface area contributed by atoms with Crippen molar-refractivity contribution in [1.82, 2.24) is 9.88 Å². The number of hydrogen-bond acceptors (Lipinski definition) is 2. The number of aromatic amines is 1. The quantitative estimate of drug-likeness (QED) is 0.405. The highest BCUT2D eigenvalue weighted by molar-refractivity contribution is 5.84. The Balaban J connectivity index is 1.30. The summed E-state index contributed by atoms with van der Waals surface area (Å²) in [6.07, 6.45) is 10.4. The molecule has 1 aromatic heterocycles. The van der Waals surface area contributed by atoms with E-state index in [9.17, 15) is 5.11 Å². The standard InChI is InChI=1S/C30H42N3O/c1-30(2,34)15-14-24-12-13-29-28(19-24)26(21-31-29)20-27-11-8-16-32(27)23-33(17-6-7-18-33)22-25-9-4-3-5-10-25/h3-5,9-10,12-13,19,21,27,31,34H,6-8,11,14-18,20,22-23H2,1-2H3/q+1/t27-/m1/s1. The zero-order valence-electron chi connectivity index (χ0n) is 21.1.